The Bertz CT molecular complexity index is 1460. The molecule has 1 heterocycles. The summed E-state index contributed by atoms with van der Waals surface area (Å²) in [6.45, 7) is 0. The molecule has 0 fully saturated rings. The van der Waals surface area contributed by atoms with Crippen LogP contribution in [0.2, 0.25) is 0 Å². The molecule has 0 spiro atoms. The van der Waals surface area contributed by atoms with Gasteiger partial charge in [-0.1, -0.05) is 78.9 Å². The van der Waals surface area contributed by atoms with E-state index in [0.717, 1.165) is 35.4 Å². The van der Waals surface area contributed by atoms with Crippen LogP contribution in [0, 0.1) is 0 Å². The summed E-state index contributed by atoms with van der Waals surface area (Å²) in [7, 11) is 0. The van der Waals surface area contributed by atoms with Gasteiger partial charge in [0.15, 0.2) is 0 Å². The first-order chi connectivity index (χ1) is 16.3. The summed E-state index contributed by atoms with van der Waals surface area (Å²) in [5.74, 6) is -0.0401. The minimum atomic E-state index is -0.0401. The first kappa shape index (κ1) is 19.5. The largest absolute Gasteiger partial charge is 0.345 e. The Kier molecular flexibility index (Phi) is 4.76. The quantitative estimate of drug-likeness (QED) is 0.351. The van der Waals surface area contributed by atoms with Crippen molar-refractivity contribution in [3.63, 3.8) is 0 Å². The molecule has 0 radical (unpaired) electrons. The Labute approximate surface area is 192 Å². The van der Waals surface area contributed by atoms with Crippen LogP contribution in [-0.4, -0.2) is 16.1 Å². The molecule has 1 atom stereocenters. The smallest absolute Gasteiger partial charge is 0.251 e. The van der Waals surface area contributed by atoms with Crippen LogP contribution in [0.5, 0.6) is 0 Å². The summed E-state index contributed by atoms with van der Waals surface area (Å²) < 4.78 is 0. The molecule has 1 aliphatic carbocycles. The molecule has 0 aliphatic heterocycles. The van der Waals surface area contributed by atoms with E-state index in [2.05, 4.69) is 76.2 Å². The van der Waals surface area contributed by atoms with Crippen molar-refractivity contribution < 1.29 is 4.79 Å². The number of amides is 1. The molecule has 0 bridgehead atoms. The summed E-state index contributed by atoms with van der Waals surface area (Å²) in [5, 5.41) is 13.3. The lowest BCUT2D eigenvalue weighted by atomic mass is 10.0. The Morgan fingerprint density at radius 3 is 2.58 bits per heavy atom. The minimum Gasteiger partial charge on any atom is -0.345 e. The molecule has 160 valence electrons. The van der Waals surface area contributed by atoms with Gasteiger partial charge in [0.05, 0.1) is 17.4 Å². The number of hydrogen-bond donors (Lipinski definition) is 2. The van der Waals surface area contributed by atoms with Gasteiger partial charge in [-0.15, -0.1) is 0 Å². The third-order valence-corrected chi connectivity index (χ3v) is 6.54. The maximum atomic E-state index is 12.8. The number of nitrogens with one attached hydrogen (secondary N) is 2. The highest BCUT2D eigenvalue weighted by molar-refractivity contribution is 5.97. The number of nitrogens with zero attached hydrogens (tertiary/aromatic N) is 1. The van der Waals surface area contributed by atoms with Crippen LogP contribution in [-0.2, 0) is 6.42 Å². The van der Waals surface area contributed by atoms with Gasteiger partial charge in [-0.3, -0.25) is 9.89 Å². The van der Waals surface area contributed by atoms with Gasteiger partial charge >= 0.3 is 0 Å². The van der Waals surface area contributed by atoms with Gasteiger partial charge in [-0.2, -0.15) is 5.10 Å². The van der Waals surface area contributed by atoms with Gasteiger partial charge in [0.1, 0.15) is 0 Å². The summed E-state index contributed by atoms with van der Waals surface area (Å²) in [4.78, 5) is 12.8. The number of fused-ring (bicyclic) bond motifs is 2. The van der Waals surface area contributed by atoms with Crippen molar-refractivity contribution in [3.05, 3.63) is 114 Å². The molecule has 4 aromatic carbocycles. The van der Waals surface area contributed by atoms with E-state index >= 15 is 0 Å². The fourth-order valence-corrected chi connectivity index (χ4v) is 4.81. The predicted octanol–water partition coefficient (Wildman–Crippen LogP) is 6.31. The van der Waals surface area contributed by atoms with E-state index in [4.69, 9.17) is 0 Å². The maximum Gasteiger partial charge on any atom is 0.251 e. The summed E-state index contributed by atoms with van der Waals surface area (Å²) >= 11 is 0. The molecule has 0 saturated carbocycles. The summed E-state index contributed by atoms with van der Waals surface area (Å²) in [6, 6.07) is 32.8. The molecule has 33 heavy (non-hydrogen) atoms. The summed E-state index contributed by atoms with van der Waals surface area (Å²) in [6.07, 6.45) is 1.96. The number of aromatic amines is 1. The second-order valence-electron chi connectivity index (χ2n) is 8.53. The zero-order valence-electron chi connectivity index (χ0n) is 18.1. The van der Waals surface area contributed by atoms with Crippen molar-refractivity contribution >= 4 is 16.7 Å². The number of aryl methyl sites for hydroxylation is 1. The van der Waals surface area contributed by atoms with Crippen LogP contribution < -0.4 is 5.32 Å². The van der Waals surface area contributed by atoms with Crippen molar-refractivity contribution in [1.82, 2.24) is 15.5 Å². The highest BCUT2D eigenvalue weighted by Crippen LogP contribution is 2.32. The van der Waals surface area contributed by atoms with E-state index in [1.807, 2.05) is 36.4 Å². The van der Waals surface area contributed by atoms with Crippen molar-refractivity contribution in [2.75, 3.05) is 0 Å². The van der Waals surface area contributed by atoms with E-state index in [-0.39, 0.29) is 11.9 Å². The number of hydrogen-bond acceptors (Lipinski definition) is 2. The van der Waals surface area contributed by atoms with Gasteiger partial charge in [0.25, 0.3) is 5.91 Å². The highest BCUT2D eigenvalue weighted by Gasteiger charge is 2.23. The van der Waals surface area contributed by atoms with Gasteiger partial charge in [0, 0.05) is 16.7 Å². The molecule has 0 saturated heterocycles. The van der Waals surface area contributed by atoms with E-state index in [1.165, 1.54) is 21.9 Å². The number of H-pyrrole nitrogens is 1. The molecule has 1 aliphatic rings. The third kappa shape index (κ3) is 3.60. The number of aromatic nitrogens is 2. The highest BCUT2D eigenvalue weighted by atomic mass is 16.1. The number of carbonyl (C=O) groups excluding carboxylic acids is 1. The fourth-order valence-electron chi connectivity index (χ4n) is 4.81. The normalized spacial score (nSPS) is 14.8. The molecular formula is C29H23N3O. The number of benzene rings is 4. The lowest BCUT2D eigenvalue weighted by molar-refractivity contribution is 0.0936. The molecule has 6 rings (SSSR count). The average molecular weight is 430 g/mol. The molecule has 5 aromatic rings. The first-order valence-corrected chi connectivity index (χ1v) is 11.3. The molecule has 4 nitrogen and oxygen atoms in total. The Morgan fingerprint density at radius 1 is 0.879 bits per heavy atom. The molecule has 1 amide bonds. The predicted molar refractivity (Wildman–Crippen MR) is 132 cm³/mol. The Balaban J connectivity index is 1.21. The van der Waals surface area contributed by atoms with Crippen LogP contribution in [0.15, 0.2) is 97.1 Å². The van der Waals surface area contributed by atoms with E-state index in [1.54, 1.807) is 0 Å². The zero-order valence-corrected chi connectivity index (χ0v) is 18.1. The number of rotatable bonds is 4. The number of carbonyl (C=O) groups is 1. The van der Waals surface area contributed by atoms with E-state index < -0.39 is 0 Å². The molecule has 2 N–H and O–H groups in total. The fraction of sp³-hybridized carbons (Fsp3) is 0.103. The maximum absolute atomic E-state index is 12.8. The van der Waals surface area contributed by atoms with E-state index in [0.29, 0.717) is 5.56 Å². The first-order valence-electron chi connectivity index (χ1n) is 11.3. The van der Waals surface area contributed by atoms with Crippen molar-refractivity contribution in [1.29, 1.82) is 0 Å². The average Bonchev–Trinajstić information content (AvgIpc) is 3.52. The Hall–Kier alpha value is -4.18. The van der Waals surface area contributed by atoms with Crippen LogP contribution >= 0.6 is 0 Å². The topological polar surface area (TPSA) is 57.8 Å². The lowest BCUT2D eigenvalue weighted by Gasteiger charge is -2.14. The SMILES string of the molecule is O=C(N[C@H]1CCc2ccccc21)c1ccc(-c2cc(-c3cccc4ccccc34)[nH]n2)cc1. The van der Waals surface area contributed by atoms with Crippen LogP contribution in [0.3, 0.4) is 0 Å². The summed E-state index contributed by atoms with van der Waals surface area (Å²) in [5.41, 5.74) is 7.16. The monoisotopic (exact) mass is 429 g/mol. The van der Waals surface area contributed by atoms with Crippen molar-refractivity contribution in [3.8, 4) is 22.5 Å². The third-order valence-electron chi connectivity index (χ3n) is 6.54. The van der Waals surface area contributed by atoms with Crippen LogP contribution in [0.4, 0.5) is 0 Å². The molecule has 1 aromatic heterocycles. The van der Waals surface area contributed by atoms with E-state index in [9.17, 15) is 4.79 Å². The van der Waals surface area contributed by atoms with Crippen LogP contribution in [0.1, 0.15) is 33.9 Å². The zero-order chi connectivity index (χ0) is 22.2. The van der Waals surface area contributed by atoms with Crippen molar-refractivity contribution in [2.24, 2.45) is 0 Å². The van der Waals surface area contributed by atoms with Gasteiger partial charge in [-0.25, -0.2) is 0 Å². The van der Waals surface area contributed by atoms with Gasteiger partial charge < -0.3 is 5.32 Å². The lowest BCUT2D eigenvalue weighted by Crippen LogP contribution is -2.27. The second kappa shape index (κ2) is 8.06. The standard InChI is InChI=1S/C29H23N3O/c33-29(30-26-17-16-20-7-2-4-10-24(20)26)22-14-12-21(13-15-22)27-18-28(32-31-27)25-11-5-8-19-6-1-3-9-23(19)25/h1-15,18,26H,16-17H2,(H,30,33)(H,31,32)/t26-/m0/s1. The van der Waals surface area contributed by atoms with Crippen molar-refractivity contribution in [2.45, 2.75) is 18.9 Å². The Morgan fingerprint density at radius 2 is 1.67 bits per heavy atom. The van der Waals surface area contributed by atoms with Gasteiger partial charge in [0.2, 0.25) is 0 Å². The minimum absolute atomic E-state index is 0.0401. The second-order valence-corrected chi connectivity index (χ2v) is 8.53. The molecule has 0 unspecified atom stereocenters. The van der Waals surface area contributed by atoms with Crippen LogP contribution in [0.25, 0.3) is 33.3 Å². The van der Waals surface area contributed by atoms with Gasteiger partial charge in [-0.05, 0) is 52.9 Å². The molecular weight excluding hydrogens is 406 g/mol. The molecule has 4 heteroatoms.